The lowest BCUT2D eigenvalue weighted by molar-refractivity contribution is 0.407. The number of nitriles is 1. The van der Waals surface area contributed by atoms with E-state index in [9.17, 15) is 0 Å². The number of ether oxygens (including phenoxy) is 1. The normalized spacial score (nSPS) is 10.0. The molecule has 2 aromatic rings. The first kappa shape index (κ1) is 16.2. The maximum atomic E-state index is 8.99. The summed E-state index contributed by atoms with van der Waals surface area (Å²) in [6, 6.07) is 11.2. The van der Waals surface area contributed by atoms with Crippen LogP contribution in [0.25, 0.3) is 0 Å². The third-order valence-corrected chi connectivity index (χ3v) is 4.24. The van der Waals surface area contributed by atoms with Gasteiger partial charge in [0.1, 0.15) is 11.8 Å². The fraction of sp³-hybridized carbons (Fsp3) is 0.133. The molecule has 0 aliphatic carbocycles. The van der Waals surface area contributed by atoms with E-state index in [1.54, 1.807) is 19.2 Å². The van der Waals surface area contributed by atoms with E-state index in [0.717, 1.165) is 25.9 Å². The van der Waals surface area contributed by atoms with Crippen LogP contribution >= 0.6 is 43.5 Å². The van der Waals surface area contributed by atoms with Crippen molar-refractivity contribution < 1.29 is 4.74 Å². The number of hydrogen-bond acceptors (Lipinski definition) is 3. The molecule has 0 atom stereocenters. The van der Waals surface area contributed by atoms with Gasteiger partial charge in [-0.15, -0.1) is 0 Å². The molecule has 108 valence electrons. The number of rotatable bonds is 4. The first-order chi connectivity index (χ1) is 10.0. The SMILES string of the molecule is COc1c(Br)cc(Br)cc1CNc1ccc(Cl)c(C#N)c1. The summed E-state index contributed by atoms with van der Waals surface area (Å²) in [5.41, 5.74) is 2.27. The van der Waals surface area contributed by atoms with Crippen molar-refractivity contribution in [3.63, 3.8) is 0 Å². The zero-order chi connectivity index (χ0) is 15.4. The van der Waals surface area contributed by atoms with E-state index >= 15 is 0 Å². The summed E-state index contributed by atoms with van der Waals surface area (Å²) in [4.78, 5) is 0. The van der Waals surface area contributed by atoms with Crippen LogP contribution in [0, 0.1) is 11.3 Å². The predicted molar refractivity (Wildman–Crippen MR) is 91.9 cm³/mol. The summed E-state index contributed by atoms with van der Waals surface area (Å²) in [6.45, 7) is 0.563. The van der Waals surface area contributed by atoms with Crippen molar-refractivity contribution >= 4 is 49.1 Å². The second-order valence-corrected chi connectivity index (χ2v) is 6.42. The molecule has 0 bridgehead atoms. The van der Waals surface area contributed by atoms with E-state index < -0.39 is 0 Å². The summed E-state index contributed by atoms with van der Waals surface area (Å²) < 4.78 is 7.24. The van der Waals surface area contributed by atoms with Crippen molar-refractivity contribution in [2.75, 3.05) is 12.4 Å². The number of nitrogens with one attached hydrogen (secondary N) is 1. The zero-order valence-electron chi connectivity index (χ0n) is 11.1. The predicted octanol–water partition coefficient (Wildman–Crippen LogP) is 5.36. The highest BCUT2D eigenvalue weighted by atomic mass is 79.9. The summed E-state index contributed by atoms with van der Waals surface area (Å²) in [7, 11) is 1.63. The van der Waals surface area contributed by atoms with Crippen LogP contribution in [0.2, 0.25) is 5.02 Å². The van der Waals surface area contributed by atoms with Crippen molar-refractivity contribution in [1.82, 2.24) is 0 Å². The van der Waals surface area contributed by atoms with E-state index in [1.807, 2.05) is 18.2 Å². The highest BCUT2D eigenvalue weighted by Crippen LogP contribution is 2.33. The van der Waals surface area contributed by atoms with Crippen LogP contribution in [-0.2, 0) is 6.54 Å². The first-order valence-corrected chi connectivity index (χ1v) is 7.97. The Morgan fingerprint density at radius 3 is 2.71 bits per heavy atom. The fourth-order valence-electron chi connectivity index (χ4n) is 1.89. The molecule has 0 fully saturated rings. The molecule has 21 heavy (non-hydrogen) atoms. The van der Waals surface area contributed by atoms with E-state index in [4.69, 9.17) is 21.6 Å². The average Bonchev–Trinajstić information content (AvgIpc) is 2.46. The van der Waals surface area contributed by atoms with Gasteiger partial charge in [0.05, 0.1) is 22.2 Å². The van der Waals surface area contributed by atoms with Gasteiger partial charge in [-0.05, 0) is 46.3 Å². The third-order valence-electron chi connectivity index (χ3n) is 2.86. The molecule has 0 aliphatic rings. The van der Waals surface area contributed by atoms with Crippen LogP contribution in [0.3, 0.4) is 0 Å². The molecular weight excluding hydrogens is 419 g/mol. The van der Waals surface area contributed by atoms with Crippen molar-refractivity contribution in [3.05, 3.63) is 55.4 Å². The monoisotopic (exact) mass is 428 g/mol. The second-order valence-electron chi connectivity index (χ2n) is 4.24. The van der Waals surface area contributed by atoms with Gasteiger partial charge in [0, 0.05) is 22.3 Å². The van der Waals surface area contributed by atoms with E-state index in [0.29, 0.717) is 17.1 Å². The third kappa shape index (κ3) is 3.91. The second kappa shape index (κ2) is 7.17. The smallest absolute Gasteiger partial charge is 0.138 e. The van der Waals surface area contributed by atoms with Gasteiger partial charge >= 0.3 is 0 Å². The van der Waals surface area contributed by atoms with Crippen LogP contribution in [0.1, 0.15) is 11.1 Å². The van der Waals surface area contributed by atoms with Crippen LogP contribution in [0.4, 0.5) is 5.69 Å². The lowest BCUT2D eigenvalue weighted by Gasteiger charge is -2.13. The molecule has 2 aromatic carbocycles. The van der Waals surface area contributed by atoms with Crippen molar-refractivity contribution in [2.24, 2.45) is 0 Å². The molecule has 0 aliphatic heterocycles. The van der Waals surface area contributed by atoms with Gasteiger partial charge in [-0.1, -0.05) is 27.5 Å². The quantitative estimate of drug-likeness (QED) is 0.711. The number of anilines is 1. The van der Waals surface area contributed by atoms with Gasteiger partial charge in [0.15, 0.2) is 0 Å². The molecule has 6 heteroatoms. The Labute approximate surface area is 145 Å². The number of nitrogens with zero attached hydrogens (tertiary/aromatic N) is 1. The Kier molecular flexibility index (Phi) is 5.51. The van der Waals surface area contributed by atoms with Crippen molar-refractivity contribution in [3.8, 4) is 11.8 Å². The molecular formula is C15H11Br2ClN2O. The van der Waals surface area contributed by atoms with Crippen molar-refractivity contribution in [2.45, 2.75) is 6.54 Å². The Morgan fingerprint density at radius 1 is 1.29 bits per heavy atom. The number of benzene rings is 2. The lowest BCUT2D eigenvalue weighted by Crippen LogP contribution is -2.02. The van der Waals surface area contributed by atoms with E-state index in [-0.39, 0.29) is 0 Å². The standard InChI is InChI=1S/C15H11Br2ClN2O/c1-21-15-10(4-11(16)6-13(15)17)8-20-12-2-3-14(18)9(5-12)7-19/h2-6,20H,8H2,1H3. The Bertz CT molecular complexity index is 714. The van der Waals surface area contributed by atoms with E-state index in [1.165, 1.54) is 0 Å². The number of halogens is 3. The molecule has 2 rings (SSSR count). The molecule has 0 spiro atoms. The highest BCUT2D eigenvalue weighted by Gasteiger charge is 2.09. The maximum Gasteiger partial charge on any atom is 0.138 e. The van der Waals surface area contributed by atoms with Crippen LogP contribution < -0.4 is 10.1 Å². The Balaban J connectivity index is 2.22. The lowest BCUT2D eigenvalue weighted by atomic mass is 10.1. The van der Waals surface area contributed by atoms with Gasteiger partial charge in [0.2, 0.25) is 0 Å². The molecule has 0 heterocycles. The van der Waals surface area contributed by atoms with Crippen LogP contribution in [0.5, 0.6) is 5.75 Å². The molecule has 0 aromatic heterocycles. The largest absolute Gasteiger partial charge is 0.495 e. The summed E-state index contributed by atoms with van der Waals surface area (Å²) in [5.74, 6) is 0.778. The molecule has 0 unspecified atom stereocenters. The molecule has 1 N–H and O–H groups in total. The molecule has 3 nitrogen and oxygen atoms in total. The first-order valence-electron chi connectivity index (χ1n) is 6.00. The highest BCUT2D eigenvalue weighted by molar-refractivity contribution is 9.11. The maximum absolute atomic E-state index is 8.99. The minimum atomic E-state index is 0.448. The van der Waals surface area contributed by atoms with Gasteiger partial charge in [-0.3, -0.25) is 0 Å². The Morgan fingerprint density at radius 2 is 2.05 bits per heavy atom. The molecule has 0 amide bonds. The van der Waals surface area contributed by atoms with Crippen LogP contribution in [0.15, 0.2) is 39.3 Å². The summed E-state index contributed by atoms with van der Waals surface area (Å²) in [6.07, 6.45) is 0. The van der Waals surface area contributed by atoms with Gasteiger partial charge in [-0.25, -0.2) is 0 Å². The van der Waals surface area contributed by atoms with Gasteiger partial charge < -0.3 is 10.1 Å². The number of hydrogen-bond donors (Lipinski definition) is 1. The van der Waals surface area contributed by atoms with Gasteiger partial charge in [0.25, 0.3) is 0 Å². The number of methoxy groups -OCH3 is 1. The molecule has 0 saturated heterocycles. The summed E-state index contributed by atoms with van der Waals surface area (Å²) >= 11 is 12.9. The summed E-state index contributed by atoms with van der Waals surface area (Å²) in [5, 5.41) is 12.7. The van der Waals surface area contributed by atoms with Crippen LogP contribution in [-0.4, -0.2) is 7.11 Å². The topological polar surface area (TPSA) is 45.0 Å². The zero-order valence-corrected chi connectivity index (χ0v) is 15.0. The van der Waals surface area contributed by atoms with E-state index in [2.05, 4.69) is 43.2 Å². The minimum Gasteiger partial charge on any atom is -0.495 e. The van der Waals surface area contributed by atoms with Gasteiger partial charge in [-0.2, -0.15) is 5.26 Å². The minimum absolute atomic E-state index is 0.448. The average molecular weight is 431 g/mol. The Hall–Kier alpha value is -1.22. The fourth-order valence-corrected chi connectivity index (χ4v) is 3.53. The van der Waals surface area contributed by atoms with Crippen molar-refractivity contribution in [1.29, 1.82) is 5.26 Å². The molecule has 0 saturated carbocycles. The molecule has 0 radical (unpaired) electrons.